The number of benzene rings is 1. The fourth-order valence-corrected chi connectivity index (χ4v) is 2.37. The molecule has 0 amide bonds. The smallest absolute Gasteiger partial charge is 0.171 e. The first-order valence-electron chi connectivity index (χ1n) is 7.20. The monoisotopic (exact) mass is 314 g/mol. The van der Waals surface area contributed by atoms with Crippen LogP contribution in [0.15, 0.2) is 36.5 Å². The van der Waals surface area contributed by atoms with E-state index < -0.39 is 0 Å². The van der Waals surface area contributed by atoms with Gasteiger partial charge in [-0.15, -0.1) is 0 Å². The van der Waals surface area contributed by atoms with E-state index in [9.17, 15) is 0 Å². The molecule has 0 saturated carbocycles. The Hall–Kier alpha value is -2.14. The molecule has 0 atom stereocenters. The second-order valence-corrected chi connectivity index (χ2v) is 5.91. The molecule has 2 aromatic rings. The molecule has 0 aliphatic rings. The summed E-state index contributed by atoms with van der Waals surface area (Å²) >= 11 is 5.39. The Balaban J connectivity index is 2.00. The summed E-state index contributed by atoms with van der Waals surface area (Å²) in [5.74, 6) is 0.949. The first-order chi connectivity index (χ1) is 10.5. The lowest BCUT2D eigenvalue weighted by Gasteiger charge is -2.17. The SMILES string of the molecule is Cc1ccc(C)c(NC(=S)NCc2cccnc2N(C)C)c1. The summed E-state index contributed by atoms with van der Waals surface area (Å²) in [6.07, 6.45) is 1.80. The van der Waals surface area contributed by atoms with Crippen molar-refractivity contribution in [2.24, 2.45) is 0 Å². The topological polar surface area (TPSA) is 40.2 Å². The molecule has 1 heterocycles. The summed E-state index contributed by atoms with van der Waals surface area (Å²) in [6.45, 7) is 4.77. The standard InChI is InChI=1S/C17H22N4S/c1-12-7-8-13(2)15(10-12)20-17(22)19-11-14-6-5-9-18-16(14)21(3)4/h5-10H,11H2,1-4H3,(H2,19,20,22). The third kappa shape index (κ3) is 4.18. The van der Waals surface area contributed by atoms with Crippen LogP contribution in [-0.4, -0.2) is 24.2 Å². The predicted octanol–water partition coefficient (Wildman–Crippen LogP) is 3.25. The zero-order chi connectivity index (χ0) is 16.1. The van der Waals surface area contributed by atoms with Crippen molar-refractivity contribution >= 4 is 28.8 Å². The number of pyridine rings is 1. The molecule has 22 heavy (non-hydrogen) atoms. The molecule has 2 N–H and O–H groups in total. The molecule has 5 heteroatoms. The van der Waals surface area contributed by atoms with Crippen molar-refractivity contribution in [2.45, 2.75) is 20.4 Å². The average molecular weight is 314 g/mol. The van der Waals surface area contributed by atoms with Gasteiger partial charge in [0.15, 0.2) is 5.11 Å². The molecule has 0 bridgehead atoms. The second kappa shape index (κ2) is 7.22. The van der Waals surface area contributed by atoms with E-state index in [0.29, 0.717) is 11.7 Å². The van der Waals surface area contributed by atoms with Crippen LogP contribution in [0.2, 0.25) is 0 Å². The van der Waals surface area contributed by atoms with Gasteiger partial charge in [-0.05, 0) is 49.3 Å². The van der Waals surface area contributed by atoms with E-state index in [1.54, 1.807) is 6.20 Å². The number of thiocarbonyl (C=S) groups is 1. The number of nitrogens with one attached hydrogen (secondary N) is 2. The Morgan fingerprint density at radius 3 is 2.73 bits per heavy atom. The minimum atomic E-state index is 0.613. The van der Waals surface area contributed by atoms with E-state index in [0.717, 1.165) is 17.1 Å². The third-order valence-corrected chi connectivity index (χ3v) is 3.62. The van der Waals surface area contributed by atoms with Crippen LogP contribution < -0.4 is 15.5 Å². The van der Waals surface area contributed by atoms with Crippen molar-refractivity contribution in [1.82, 2.24) is 10.3 Å². The number of nitrogens with zero attached hydrogens (tertiary/aromatic N) is 2. The Bertz CT molecular complexity index is 667. The molecule has 1 aromatic heterocycles. The normalized spacial score (nSPS) is 10.2. The highest BCUT2D eigenvalue weighted by Crippen LogP contribution is 2.17. The summed E-state index contributed by atoms with van der Waals surface area (Å²) in [6, 6.07) is 10.3. The molecule has 1 aromatic carbocycles. The number of hydrogen-bond acceptors (Lipinski definition) is 3. The highest BCUT2D eigenvalue weighted by Gasteiger charge is 2.06. The summed E-state index contributed by atoms with van der Waals surface area (Å²) < 4.78 is 0. The molecule has 4 nitrogen and oxygen atoms in total. The van der Waals surface area contributed by atoms with Gasteiger partial charge in [0.1, 0.15) is 5.82 Å². The fraction of sp³-hybridized carbons (Fsp3) is 0.294. The van der Waals surface area contributed by atoms with Crippen molar-refractivity contribution in [3.8, 4) is 0 Å². The van der Waals surface area contributed by atoms with Gasteiger partial charge in [0.2, 0.25) is 0 Å². The third-order valence-electron chi connectivity index (χ3n) is 3.37. The van der Waals surface area contributed by atoms with E-state index in [1.165, 1.54) is 11.1 Å². The maximum atomic E-state index is 5.39. The molecule has 0 aliphatic carbocycles. The summed E-state index contributed by atoms with van der Waals surface area (Å²) in [7, 11) is 3.97. The van der Waals surface area contributed by atoms with E-state index >= 15 is 0 Å². The quantitative estimate of drug-likeness (QED) is 0.848. The van der Waals surface area contributed by atoms with Gasteiger partial charge in [-0.2, -0.15) is 0 Å². The van der Waals surface area contributed by atoms with Gasteiger partial charge in [0, 0.05) is 38.1 Å². The maximum absolute atomic E-state index is 5.39. The summed E-state index contributed by atoms with van der Waals surface area (Å²) in [5, 5.41) is 7.11. The zero-order valence-electron chi connectivity index (χ0n) is 13.5. The van der Waals surface area contributed by atoms with Gasteiger partial charge in [0.05, 0.1) is 0 Å². The number of rotatable bonds is 4. The van der Waals surface area contributed by atoms with Gasteiger partial charge in [-0.25, -0.2) is 4.98 Å². The molecular weight excluding hydrogens is 292 g/mol. The summed E-state index contributed by atoms with van der Waals surface area (Å²) in [4.78, 5) is 6.39. The predicted molar refractivity (Wildman–Crippen MR) is 97.5 cm³/mol. The highest BCUT2D eigenvalue weighted by molar-refractivity contribution is 7.80. The van der Waals surface area contributed by atoms with E-state index in [-0.39, 0.29) is 0 Å². The van der Waals surface area contributed by atoms with Crippen LogP contribution in [-0.2, 0) is 6.54 Å². The zero-order valence-corrected chi connectivity index (χ0v) is 14.3. The molecule has 0 aliphatic heterocycles. The van der Waals surface area contributed by atoms with Gasteiger partial charge < -0.3 is 15.5 Å². The van der Waals surface area contributed by atoms with E-state index in [2.05, 4.69) is 53.7 Å². The van der Waals surface area contributed by atoms with Crippen LogP contribution in [0.4, 0.5) is 11.5 Å². The van der Waals surface area contributed by atoms with Crippen LogP contribution in [0.1, 0.15) is 16.7 Å². The maximum Gasteiger partial charge on any atom is 0.171 e. The van der Waals surface area contributed by atoms with Crippen molar-refractivity contribution < 1.29 is 0 Å². The largest absolute Gasteiger partial charge is 0.362 e. The fourth-order valence-electron chi connectivity index (χ4n) is 2.18. The molecule has 0 unspecified atom stereocenters. The molecule has 0 spiro atoms. The van der Waals surface area contributed by atoms with Crippen LogP contribution in [0.3, 0.4) is 0 Å². The number of anilines is 2. The van der Waals surface area contributed by atoms with Crippen molar-refractivity contribution in [2.75, 3.05) is 24.3 Å². The number of aryl methyl sites for hydroxylation is 2. The van der Waals surface area contributed by atoms with Crippen LogP contribution in [0.5, 0.6) is 0 Å². The van der Waals surface area contributed by atoms with E-state index in [1.807, 2.05) is 25.1 Å². The van der Waals surface area contributed by atoms with Gasteiger partial charge in [0.25, 0.3) is 0 Å². The van der Waals surface area contributed by atoms with Gasteiger partial charge in [-0.3, -0.25) is 0 Å². The van der Waals surface area contributed by atoms with Crippen LogP contribution in [0.25, 0.3) is 0 Å². The number of hydrogen-bond donors (Lipinski definition) is 2. The van der Waals surface area contributed by atoms with Crippen LogP contribution >= 0.6 is 12.2 Å². The molecular formula is C17H22N4S. The highest BCUT2D eigenvalue weighted by atomic mass is 32.1. The number of aromatic nitrogens is 1. The van der Waals surface area contributed by atoms with Crippen molar-refractivity contribution in [3.63, 3.8) is 0 Å². The Morgan fingerprint density at radius 1 is 1.23 bits per heavy atom. The molecule has 0 radical (unpaired) electrons. The van der Waals surface area contributed by atoms with Crippen LogP contribution in [0, 0.1) is 13.8 Å². The Kier molecular flexibility index (Phi) is 5.33. The first kappa shape index (κ1) is 16.2. The second-order valence-electron chi connectivity index (χ2n) is 5.51. The first-order valence-corrected chi connectivity index (χ1v) is 7.61. The lowest BCUT2D eigenvalue weighted by atomic mass is 10.1. The molecule has 0 fully saturated rings. The molecule has 116 valence electrons. The Labute approximate surface area is 137 Å². The lowest BCUT2D eigenvalue weighted by molar-refractivity contribution is 0.900. The van der Waals surface area contributed by atoms with Gasteiger partial charge in [-0.1, -0.05) is 18.2 Å². The minimum Gasteiger partial charge on any atom is -0.362 e. The van der Waals surface area contributed by atoms with Gasteiger partial charge >= 0.3 is 0 Å². The van der Waals surface area contributed by atoms with Crippen molar-refractivity contribution in [1.29, 1.82) is 0 Å². The van der Waals surface area contributed by atoms with Crippen molar-refractivity contribution in [3.05, 3.63) is 53.2 Å². The Morgan fingerprint density at radius 2 is 2.00 bits per heavy atom. The average Bonchev–Trinajstić information content (AvgIpc) is 2.49. The minimum absolute atomic E-state index is 0.613. The molecule has 2 rings (SSSR count). The summed E-state index contributed by atoms with van der Waals surface area (Å²) in [5.41, 5.74) is 4.53. The lowest BCUT2D eigenvalue weighted by Crippen LogP contribution is -2.29. The van der Waals surface area contributed by atoms with E-state index in [4.69, 9.17) is 12.2 Å². The molecule has 0 saturated heterocycles.